The van der Waals surface area contributed by atoms with Gasteiger partial charge in [0.15, 0.2) is 0 Å². The molecule has 0 fully saturated rings. The fraction of sp³-hybridized carbons (Fsp3) is 0.0588. The van der Waals surface area contributed by atoms with Gasteiger partial charge in [0.1, 0.15) is 11.5 Å². The molecule has 0 amide bonds. The van der Waals surface area contributed by atoms with Crippen LogP contribution in [0, 0.1) is 6.92 Å². The van der Waals surface area contributed by atoms with E-state index in [1.54, 1.807) is 0 Å². The summed E-state index contributed by atoms with van der Waals surface area (Å²) >= 11 is 0. The van der Waals surface area contributed by atoms with Gasteiger partial charge in [-0.15, -0.1) is 0 Å². The number of aryl methyl sites for hydroxylation is 1. The average Bonchev–Trinajstić information content (AvgIpc) is 2.43. The number of ether oxygens (including phenoxy) is 1. The molecule has 4 rings (SSSR count). The van der Waals surface area contributed by atoms with Crippen LogP contribution < -0.4 is 4.74 Å². The Morgan fingerprint density at radius 1 is 0.722 bits per heavy atom. The first-order valence-electron chi connectivity index (χ1n) is 6.14. The second kappa shape index (κ2) is 3.36. The Bertz CT molecular complexity index is 772. The van der Waals surface area contributed by atoms with Gasteiger partial charge >= 0.3 is 0 Å². The fourth-order valence-corrected chi connectivity index (χ4v) is 2.73. The average molecular weight is 232 g/mol. The predicted octanol–water partition coefficient (Wildman–Crippen LogP) is 4.92. The highest BCUT2D eigenvalue weighted by molar-refractivity contribution is 6.05. The Labute approximate surface area is 106 Å². The number of benzene rings is 3. The lowest BCUT2D eigenvalue weighted by atomic mass is 9.93. The van der Waals surface area contributed by atoms with E-state index >= 15 is 0 Å². The molecule has 3 aromatic rings. The lowest BCUT2D eigenvalue weighted by Gasteiger charge is -2.21. The summed E-state index contributed by atoms with van der Waals surface area (Å²) in [5, 5.41) is 2.51. The van der Waals surface area contributed by atoms with Crippen LogP contribution >= 0.6 is 0 Å². The molecule has 0 N–H and O–H groups in total. The third kappa shape index (κ3) is 1.16. The molecule has 0 atom stereocenters. The van der Waals surface area contributed by atoms with Crippen molar-refractivity contribution in [3.8, 4) is 22.6 Å². The second-order valence-corrected chi connectivity index (χ2v) is 4.71. The Hall–Kier alpha value is -2.28. The van der Waals surface area contributed by atoms with Crippen LogP contribution in [0.5, 0.6) is 11.5 Å². The third-order valence-electron chi connectivity index (χ3n) is 3.62. The SMILES string of the molecule is Cc1ccc2c3c(cccc13)-c1ccccc1O2. The maximum absolute atomic E-state index is 6.00. The topological polar surface area (TPSA) is 9.23 Å². The predicted molar refractivity (Wildman–Crippen MR) is 74.2 cm³/mol. The number of fused-ring (bicyclic) bond motifs is 2. The highest BCUT2D eigenvalue weighted by Crippen LogP contribution is 2.46. The molecule has 0 bridgehead atoms. The van der Waals surface area contributed by atoms with Crippen molar-refractivity contribution < 1.29 is 4.74 Å². The molecule has 0 saturated heterocycles. The molecule has 18 heavy (non-hydrogen) atoms. The molecule has 0 spiro atoms. The van der Waals surface area contributed by atoms with Gasteiger partial charge in [0.05, 0.1) is 0 Å². The van der Waals surface area contributed by atoms with Crippen LogP contribution in [0.25, 0.3) is 21.9 Å². The zero-order chi connectivity index (χ0) is 12.1. The van der Waals surface area contributed by atoms with E-state index in [1.807, 2.05) is 12.1 Å². The summed E-state index contributed by atoms with van der Waals surface area (Å²) in [6.45, 7) is 2.14. The first kappa shape index (κ1) is 9.72. The van der Waals surface area contributed by atoms with Gasteiger partial charge in [0.2, 0.25) is 0 Å². The summed E-state index contributed by atoms with van der Waals surface area (Å²) in [6, 6.07) is 18.9. The van der Waals surface area contributed by atoms with E-state index in [4.69, 9.17) is 4.74 Å². The van der Waals surface area contributed by atoms with Gasteiger partial charge in [-0.25, -0.2) is 0 Å². The number of hydrogen-bond acceptors (Lipinski definition) is 1. The molecule has 0 saturated carbocycles. The number of rotatable bonds is 0. The molecule has 1 nitrogen and oxygen atoms in total. The van der Waals surface area contributed by atoms with Crippen LogP contribution in [0.4, 0.5) is 0 Å². The van der Waals surface area contributed by atoms with Crippen LogP contribution in [0.2, 0.25) is 0 Å². The van der Waals surface area contributed by atoms with Crippen molar-refractivity contribution >= 4 is 10.8 Å². The molecule has 0 aromatic heterocycles. The molecular formula is C17H12O. The molecule has 0 unspecified atom stereocenters. The van der Waals surface area contributed by atoms with Crippen molar-refractivity contribution in [3.05, 3.63) is 60.2 Å². The van der Waals surface area contributed by atoms with E-state index in [0.717, 1.165) is 11.5 Å². The maximum Gasteiger partial charge on any atom is 0.135 e. The van der Waals surface area contributed by atoms with Gasteiger partial charge < -0.3 is 4.74 Å². The van der Waals surface area contributed by atoms with E-state index in [2.05, 4.69) is 49.4 Å². The van der Waals surface area contributed by atoms with Crippen LogP contribution in [0.3, 0.4) is 0 Å². The minimum Gasteiger partial charge on any atom is -0.456 e. The van der Waals surface area contributed by atoms with Gasteiger partial charge in [0.25, 0.3) is 0 Å². The highest BCUT2D eigenvalue weighted by Gasteiger charge is 2.19. The van der Waals surface area contributed by atoms with Crippen molar-refractivity contribution in [1.29, 1.82) is 0 Å². The Morgan fingerprint density at radius 2 is 1.56 bits per heavy atom. The molecule has 1 aliphatic heterocycles. The zero-order valence-corrected chi connectivity index (χ0v) is 10.1. The van der Waals surface area contributed by atoms with E-state index in [9.17, 15) is 0 Å². The van der Waals surface area contributed by atoms with E-state index in [1.165, 1.54) is 27.5 Å². The Morgan fingerprint density at radius 3 is 2.50 bits per heavy atom. The first-order valence-corrected chi connectivity index (χ1v) is 6.14. The quantitative estimate of drug-likeness (QED) is 0.418. The summed E-state index contributed by atoms with van der Waals surface area (Å²) in [7, 11) is 0. The van der Waals surface area contributed by atoms with Gasteiger partial charge in [0, 0.05) is 10.9 Å². The van der Waals surface area contributed by atoms with Gasteiger partial charge in [-0.05, 0) is 35.6 Å². The minimum atomic E-state index is 0.946. The van der Waals surface area contributed by atoms with E-state index in [-0.39, 0.29) is 0 Å². The molecule has 86 valence electrons. The van der Waals surface area contributed by atoms with Crippen molar-refractivity contribution in [1.82, 2.24) is 0 Å². The van der Waals surface area contributed by atoms with Crippen molar-refractivity contribution in [2.45, 2.75) is 6.92 Å². The van der Waals surface area contributed by atoms with Crippen LogP contribution in [0.15, 0.2) is 54.6 Å². The summed E-state index contributed by atoms with van der Waals surface area (Å²) in [6.07, 6.45) is 0. The van der Waals surface area contributed by atoms with E-state index < -0.39 is 0 Å². The summed E-state index contributed by atoms with van der Waals surface area (Å²) in [5.41, 5.74) is 3.74. The standard InChI is InChI=1S/C17H12O/c1-11-9-10-16-17-12(11)6-4-7-14(17)13-5-2-3-8-15(13)18-16/h2-10H,1H3. The zero-order valence-electron chi connectivity index (χ0n) is 10.1. The lowest BCUT2D eigenvalue weighted by Crippen LogP contribution is -1.97. The van der Waals surface area contributed by atoms with Crippen LogP contribution in [-0.2, 0) is 0 Å². The van der Waals surface area contributed by atoms with Crippen LogP contribution in [0.1, 0.15) is 5.56 Å². The highest BCUT2D eigenvalue weighted by atomic mass is 16.5. The van der Waals surface area contributed by atoms with Gasteiger partial charge in [-0.2, -0.15) is 0 Å². The van der Waals surface area contributed by atoms with Crippen LogP contribution in [-0.4, -0.2) is 0 Å². The van der Waals surface area contributed by atoms with Gasteiger partial charge in [-0.3, -0.25) is 0 Å². The number of hydrogen-bond donors (Lipinski definition) is 0. The van der Waals surface area contributed by atoms with Crippen molar-refractivity contribution in [2.24, 2.45) is 0 Å². The lowest BCUT2D eigenvalue weighted by molar-refractivity contribution is 0.487. The summed E-state index contributed by atoms with van der Waals surface area (Å²) in [5.74, 6) is 1.91. The Balaban J connectivity index is 2.22. The molecular weight excluding hydrogens is 220 g/mol. The fourth-order valence-electron chi connectivity index (χ4n) is 2.73. The van der Waals surface area contributed by atoms with Crippen molar-refractivity contribution in [2.75, 3.05) is 0 Å². The molecule has 1 heteroatoms. The molecule has 0 aliphatic carbocycles. The normalized spacial score (nSPS) is 12.1. The smallest absolute Gasteiger partial charge is 0.135 e. The monoisotopic (exact) mass is 232 g/mol. The van der Waals surface area contributed by atoms with Crippen molar-refractivity contribution in [3.63, 3.8) is 0 Å². The maximum atomic E-state index is 6.00. The van der Waals surface area contributed by atoms with E-state index in [0.29, 0.717) is 0 Å². The molecule has 1 heterocycles. The molecule has 3 aromatic carbocycles. The molecule has 1 aliphatic rings. The second-order valence-electron chi connectivity index (χ2n) is 4.71. The summed E-state index contributed by atoms with van der Waals surface area (Å²) < 4.78 is 6.00. The first-order chi connectivity index (χ1) is 8.84. The minimum absolute atomic E-state index is 0.946. The number of para-hydroxylation sites is 1. The third-order valence-corrected chi connectivity index (χ3v) is 3.62. The Kier molecular flexibility index (Phi) is 1.81. The summed E-state index contributed by atoms with van der Waals surface area (Å²) in [4.78, 5) is 0. The molecule has 0 radical (unpaired) electrons. The largest absolute Gasteiger partial charge is 0.456 e. The van der Waals surface area contributed by atoms with Gasteiger partial charge in [-0.1, -0.05) is 42.5 Å².